The fraction of sp³-hybridized carbons (Fsp3) is 0.143. The lowest BCUT2D eigenvalue weighted by Gasteiger charge is -2.08. The van der Waals surface area contributed by atoms with Gasteiger partial charge in [0, 0.05) is 6.04 Å². The summed E-state index contributed by atoms with van der Waals surface area (Å²) in [6.07, 6.45) is 0. The largest absolute Gasteiger partial charge is 0.324 e. The van der Waals surface area contributed by atoms with Gasteiger partial charge in [0.05, 0.1) is 0 Å². The SMILES string of the molecule is C[C@H](N)c1cccc(-c2ccc(F)cc2)c1. The summed E-state index contributed by atoms with van der Waals surface area (Å²) in [5, 5.41) is 0. The van der Waals surface area contributed by atoms with Crippen molar-refractivity contribution >= 4 is 0 Å². The lowest BCUT2D eigenvalue weighted by molar-refractivity contribution is 0.628. The molecule has 0 bridgehead atoms. The summed E-state index contributed by atoms with van der Waals surface area (Å²) in [6, 6.07) is 14.5. The van der Waals surface area contributed by atoms with Crippen LogP contribution in [0.4, 0.5) is 4.39 Å². The van der Waals surface area contributed by atoms with Gasteiger partial charge in [0.25, 0.3) is 0 Å². The summed E-state index contributed by atoms with van der Waals surface area (Å²) < 4.78 is 12.8. The number of hydrogen-bond acceptors (Lipinski definition) is 1. The molecular weight excluding hydrogens is 201 g/mol. The van der Waals surface area contributed by atoms with Gasteiger partial charge in [-0.15, -0.1) is 0 Å². The van der Waals surface area contributed by atoms with Gasteiger partial charge in [-0.05, 0) is 41.8 Å². The van der Waals surface area contributed by atoms with Crippen LogP contribution in [0, 0.1) is 5.82 Å². The normalized spacial score (nSPS) is 12.4. The average Bonchev–Trinajstić information content (AvgIpc) is 2.30. The summed E-state index contributed by atoms with van der Waals surface area (Å²) in [7, 11) is 0. The van der Waals surface area contributed by atoms with E-state index in [1.54, 1.807) is 12.1 Å². The molecule has 2 N–H and O–H groups in total. The average molecular weight is 215 g/mol. The van der Waals surface area contributed by atoms with E-state index in [2.05, 4.69) is 0 Å². The predicted octanol–water partition coefficient (Wildman–Crippen LogP) is 3.51. The Morgan fingerprint density at radius 1 is 1.00 bits per heavy atom. The minimum absolute atomic E-state index is 0.0143. The molecule has 2 aromatic rings. The third kappa shape index (κ3) is 2.28. The monoisotopic (exact) mass is 215 g/mol. The molecule has 0 unspecified atom stereocenters. The number of halogens is 1. The summed E-state index contributed by atoms with van der Waals surface area (Å²) in [6.45, 7) is 1.95. The third-order valence-electron chi connectivity index (χ3n) is 2.59. The molecule has 2 heteroatoms. The lowest BCUT2D eigenvalue weighted by atomic mass is 10.0. The van der Waals surface area contributed by atoms with Crippen LogP contribution >= 0.6 is 0 Å². The maximum Gasteiger partial charge on any atom is 0.123 e. The molecule has 0 aliphatic heterocycles. The van der Waals surface area contributed by atoms with Gasteiger partial charge in [-0.3, -0.25) is 0 Å². The minimum Gasteiger partial charge on any atom is -0.324 e. The van der Waals surface area contributed by atoms with Gasteiger partial charge in [-0.1, -0.05) is 30.3 Å². The Kier molecular flexibility index (Phi) is 3.02. The molecule has 0 aliphatic carbocycles. The number of benzene rings is 2. The van der Waals surface area contributed by atoms with E-state index in [1.165, 1.54) is 12.1 Å². The first-order chi connectivity index (χ1) is 7.66. The van der Waals surface area contributed by atoms with Crippen LogP contribution in [0.2, 0.25) is 0 Å². The summed E-state index contributed by atoms with van der Waals surface area (Å²) in [4.78, 5) is 0. The van der Waals surface area contributed by atoms with Crippen molar-refractivity contribution < 1.29 is 4.39 Å². The second-order valence-corrected chi connectivity index (χ2v) is 3.92. The fourth-order valence-corrected chi connectivity index (χ4v) is 1.64. The van der Waals surface area contributed by atoms with Crippen LogP contribution in [0.5, 0.6) is 0 Å². The summed E-state index contributed by atoms with van der Waals surface area (Å²) in [5.41, 5.74) is 8.98. The van der Waals surface area contributed by atoms with Gasteiger partial charge < -0.3 is 5.73 Å². The minimum atomic E-state index is -0.216. The van der Waals surface area contributed by atoms with E-state index in [4.69, 9.17) is 5.73 Å². The van der Waals surface area contributed by atoms with Gasteiger partial charge in [0.1, 0.15) is 5.82 Å². The topological polar surface area (TPSA) is 26.0 Å². The van der Waals surface area contributed by atoms with Crippen molar-refractivity contribution in [2.75, 3.05) is 0 Å². The second-order valence-electron chi connectivity index (χ2n) is 3.92. The quantitative estimate of drug-likeness (QED) is 0.815. The van der Waals surface area contributed by atoms with E-state index in [-0.39, 0.29) is 11.9 Å². The molecule has 0 aliphatic rings. The highest BCUT2D eigenvalue weighted by Gasteiger charge is 2.02. The Morgan fingerprint density at radius 2 is 1.69 bits per heavy atom. The van der Waals surface area contributed by atoms with E-state index < -0.39 is 0 Å². The number of hydrogen-bond donors (Lipinski definition) is 1. The number of rotatable bonds is 2. The Labute approximate surface area is 94.7 Å². The highest BCUT2D eigenvalue weighted by Crippen LogP contribution is 2.22. The molecule has 0 saturated carbocycles. The molecule has 16 heavy (non-hydrogen) atoms. The molecule has 0 heterocycles. The Morgan fingerprint density at radius 3 is 2.31 bits per heavy atom. The molecule has 0 radical (unpaired) electrons. The van der Waals surface area contributed by atoms with Crippen molar-refractivity contribution in [2.24, 2.45) is 5.73 Å². The summed E-state index contributed by atoms with van der Waals surface area (Å²) in [5.74, 6) is -0.216. The maximum absolute atomic E-state index is 12.8. The van der Waals surface area contributed by atoms with Crippen molar-refractivity contribution in [3.8, 4) is 11.1 Å². The molecule has 2 rings (SSSR count). The van der Waals surface area contributed by atoms with Crippen molar-refractivity contribution in [3.63, 3.8) is 0 Å². The van der Waals surface area contributed by atoms with Gasteiger partial charge in [-0.25, -0.2) is 4.39 Å². The van der Waals surface area contributed by atoms with Crippen LogP contribution in [0.15, 0.2) is 48.5 Å². The van der Waals surface area contributed by atoms with Crippen LogP contribution in [-0.2, 0) is 0 Å². The first-order valence-corrected chi connectivity index (χ1v) is 5.28. The van der Waals surface area contributed by atoms with Crippen LogP contribution in [-0.4, -0.2) is 0 Å². The second kappa shape index (κ2) is 4.45. The highest BCUT2D eigenvalue weighted by atomic mass is 19.1. The molecule has 0 amide bonds. The van der Waals surface area contributed by atoms with Gasteiger partial charge in [-0.2, -0.15) is 0 Å². The molecule has 1 nitrogen and oxygen atoms in total. The zero-order valence-electron chi connectivity index (χ0n) is 9.15. The number of nitrogens with two attached hydrogens (primary N) is 1. The van der Waals surface area contributed by atoms with Crippen molar-refractivity contribution in [1.82, 2.24) is 0 Å². The van der Waals surface area contributed by atoms with Crippen LogP contribution in [0.3, 0.4) is 0 Å². The third-order valence-corrected chi connectivity index (χ3v) is 2.59. The van der Waals surface area contributed by atoms with Crippen molar-refractivity contribution in [2.45, 2.75) is 13.0 Å². The molecule has 2 aromatic carbocycles. The molecule has 0 saturated heterocycles. The zero-order chi connectivity index (χ0) is 11.5. The Balaban J connectivity index is 2.40. The first kappa shape index (κ1) is 10.8. The van der Waals surface area contributed by atoms with E-state index in [0.29, 0.717) is 0 Å². The molecule has 82 valence electrons. The molecule has 0 fully saturated rings. The van der Waals surface area contributed by atoms with E-state index in [0.717, 1.165) is 16.7 Å². The first-order valence-electron chi connectivity index (χ1n) is 5.28. The molecular formula is C14H14FN. The van der Waals surface area contributed by atoms with Crippen molar-refractivity contribution in [3.05, 3.63) is 59.9 Å². The smallest absolute Gasteiger partial charge is 0.123 e. The predicted molar refractivity (Wildman–Crippen MR) is 64.4 cm³/mol. The van der Waals surface area contributed by atoms with Crippen LogP contribution in [0.1, 0.15) is 18.5 Å². The van der Waals surface area contributed by atoms with Crippen molar-refractivity contribution in [1.29, 1.82) is 0 Å². The molecule has 0 aromatic heterocycles. The maximum atomic E-state index is 12.8. The van der Waals surface area contributed by atoms with E-state index >= 15 is 0 Å². The molecule has 0 spiro atoms. The van der Waals surface area contributed by atoms with E-state index in [9.17, 15) is 4.39 Å². The molecule has 1 atom stereocenters. The lowest BCUT2D eigenvalue weighted by Crippen LogP contribution is -2.04. The zero-order valence-corrected chi connectivity index (χ0v) is 9.15. The van der Waals surface area contributed by atoms with Crippen LogP contribution < -0.4 is 5.73 Å². The fourth-order valence-electron chi connectivity index (χ4n) is 1.64. The van der Waals surface area contributed by atoms with E-state index in [1.807, 2.05) is 31.2 Å². The standard InChI is InChI=1S/C14H14FN/c1-10(16)12-3-2-4-13(9-12)11-5-7-14(15)8-6-11/h2-10H,16H2,1H3/t10-/m0/s1. The Hall–Kier alpha value is -1.67. The Bertz CT molecular complexity index is 474. The van der Waals surface area contributed by atoms with Crippen LogP contribution in [0.25, 0.3) is 11.1 Å². The van der Waals surface area contributed by atoms with Gasteiger partial charge in [0.2, 0.25) is 0 Å². The summed E-state index contributed by atoms with van der Waals surface area (Å²) >= 11 is 0. The van der Waals surface area contributed by atoms with Gasteiger partial charge >= 0.3 is 0 Å². The van der Waals surface area contributed by atoms with Gasteiger partial charge in [0.15, 0.2) is 0 Å². The highest BCUT2D eigenvalue weighted by molar-refractivity contribution is 5.64.